The highest BCUT2D eigenvalue weighted by atomic mass is 32.1. The molecular formula is C19H28N4O5S. The number of carbonyl (C=O) groups is 2. The van der Waals surface area contributed by atoms with Crippen LogP contribution in [-0.4, -0.2) is 66.1 Å². The van der Waals surface area contributed by atoms with Gasteiger partial charge in [0.05, 0.1) is 35.9 Å². The molecule has 2 atom stereocenters. The number of amides is 3. The second-order valence-electron chi connectivity index (χ2n) is 8.61. The summed E-state index contributed by atoms with van der Waals surface area (Å²) in [5, 5.41) is 6.36. The fourth-order valence-electron chi connectivity index (χ4n) is 3.89. The molecule has 3 amide bonds. The van der Waals surface area contributed by atoms with Crippen molar-refractivity contribution in [3.05, 3.63) is 10.6 Å². The van der Waals surface area contributed by atoms with Gasteiger partial charge in [-0.15, -0.1) is 0 Å². The number of urea groups is 1. The van der Waals surface area contributed by atoms with E-state index in [1.54, 1.807) is 4.90 Å². The van der Waals surface area contributed by atoms with Gasteiger partial charge < -0.3 is 19.5 Å². The predicted octanol–water partition coefficient (Wildman–Crippen LogP) is 2.68. The third-order valence-corrected chi connectivity index (χ3v) is 6.27. The van der Waals surface area contributed by atoms with Gasteiger partial charge in [-0.2, -0.15) is 0 Å². The highest BCUT2D eigenvalue weighted by Gasteiger charge is 2.44. The van der Waals surface area contributed by atoms with E-state index in [1.165, 1.54) is 11.3 Å². The molecule has 10 heteroatoms. The van der Waals surface area contributed by atoms with Crippen molar-refractivity contribution in [2.75, 3.05) is 31.7 Å². The number of fused-ring (bicyclic) bond motifs is 4. The fourth-order valence-corrected chi connectivity index (χ4v) is 4.96. The molecule has 1 aromatic rings. The lowest BCUT2D eigenvalue weighted by Gasteiger charge is -2.44. The van der Waals surface area contributed by atoms with Crippen molar-refractivity contribution in [3.8, 4) is 0 Å². The summed E-state index contributed by atoms with van der Waals surface area (Å²) in [6, 6.07) is -0.485. The minimum Gasteiger partial charge on any atom is -0.444 e. The molecule has 0 spiro atoms. The van der Waals surface area contributed by atoms with E-state index < -0.39 is 5.60 Å². The van der Waals surface area contributed by atoms with E-state index in [4.69, 9.17) is 14.2 Å². The molecule has 1 aromatic heterocycles. The molecule has 0 saturated carbocycles. The zero-order chi connectivity index (χ0) is 20.6. The van der Waals surface area contributed by atoms with Gasteiger partial charge in [0.1, 0.15) is 5.60 Å². The summed E-state index contributed by atoms with van der Waals surface area (Å²) in [7, 11) is 0. The van der Waals surface area contributed by atoms with Crippen molar-refractivity contribution in [2.24, 2.45) is 0 Å². The second-order valence-corrected chi connectivity index (χ2v) is 9.64. The van der Waals surface area contributed by atoms with Gasteiger partial charge in [-0.05, 0) is 33.6 Å². The van der Waals surface area contributed by atoms with Crippen LogP contribution in [-0.2, 0) is 20.6 Å². The Morgan fingerprint density at radius 3 is 2.69 bits per heavy atom. The zero-order valence-electron chi connectivity index (χ0n) is 17.0. The SMILES string of the molecule is CC(C)(C)OC(=O)N1[C@@H]2COC[C@H]1c1sc(NC(=O)NC3CCOCC3)nc1C2. The van der Waals surface area contributed by atoms with Crippen LogP contribution in [0, 0.1) is 0 Å². The van der Waals surface area contributed by atoms with Gasteiger partial charge in [0, 0.05) is 25.7 Å². The Balaban J connectivity index is 1.46. The van der Waals surface area contributed by atoms with Crippen LogP contribution in [0.15, 0.2) is 0 Å². The maximum Gasteiger partial charge on any atom is 0.411 e. The molecule has 9 nitrogen and oxygen atoms in total. The third kappa shape index (κ3) is 4.65. The predicted molar refractivity (Wildman–Crippen MR) is 107 cm³/mol. The summed E-state index contributed by atoms with van der Waals surface area (Å²) in [5.41, 5.74) is 0.365. The number of rotatable bonds is 2. The smallest absolute Gasteiger partial charge is 0.411 e. The number of hydrogen-bond donors (Lipinski definition) is 2. The molecule has 0 aliphatic carbocycles. The number of ether oxygens (including phenoxy) is 3. The lowest BCUT2D eigenvalue weighted by molar-refractivity contribution is -0.0666. The van der Waals surface area contributed by atoms with Crippen LogP contribution in [0.5, 0.6) is 0 Å². The summed E-state index contributed by atoms with van der Waals surface area (Å²) in [6.45, 7) is 7.77. The minimum atomic E-state index is -0.560. The molecule has 160 valence electrons. The number of morpholine rings is 1. The lowest BCUT2D eigenvalue weighted by Crippen LogP contribution is -2.55. The summed E-state index contributed by atoms with van der Waals surface area (Å²) in [4.78, 5) is 32.5. The van der Waals surface area contributed by atoms with E-state index in [2.05, 4.69) is 15.6 Å². The molecule has 2 fully saturated rings. The number of nitrogens with zero attached hydrogens (tertiary/aromatic N) is 2. The number of carbonyl (C=O) groups excluding carboxylic acids is 2. The fraction of sp³-hybridized carbons (Fsp3) is 0.737. The zero-order valence-corrected chi connectivity index (χ0v) is 17.8. The van der Waals surface area contributed by atoms with Crippen LogP contribution in [0.3, 0.4) is 0 Å². The summed E-state index contributed by atoms with van der Waals surface area (Å²) < 4.78 is 16.6. The number of anilines is 1. The van der Waals surface area contributed by atoms with Gasteiger partial charge in [0.25, 0.3) is 0 Å². The minimum absolute atomic E-state index is 0.109. The molecule has 0 unspecified atom stereocenters. The summed E-state index contributed by atoms with van der Waals surface area (Å²) >= 11 is 1.40. The Bertz CT molecular complexity index is 771. The van der Waals surface area contributed by atoms with Crippen molar-refractivity contribution in [1.29, 1.82) is 0 Å². The molecule has 0 radical (unpaired) electrons. The lowest BCUT2D eigenvalue weighted by atomic mass is 9.97. The first-order chi connectivity index (χ1) is 13.8. The normalized spacial score (nSPS) is 24.6. The quantitative estimate of drug-likeness (QED) is 0.757. The van der Waals surface area contributed by atoms with Crippen LogP contribution >= 0.6 is 11.3 Å². The van der Waals surface area contributed by atoms with Crippen LogP contribution in [0.25, 0.3) is 0 Å². The Morgan fingerprint density at radius 1 is 1.21 bits per heavy atom. The van der Waals surface area contributed by atoms with Crippen LogP contribution in [0.4, 0.5) is 14.7 Å². The molecule has 4 rings (SSSR count). The maximum absolute atomic E-state index is 12.8. The second kappa shape index (κ2) is 8.08. The van der Waals surface area contributed by atoms with E-state index >= 15 is 0 Å². The van der Waals surface area contributed by atoms with Crippen LogP contribution in [0.2, 0.25) is 0 Å². The Kier molecular flexibility index (Phi) is 5.67. The third-order valence-electron chi connectivity index (χ3n) is 5.16. The van der Waals surface area contributed by atoms with Gasteiger partial charge in [-0.25, -0.2) is 14.6 Å². The van der Waals surface area contributed by atoms with E-state index in [-0.39, 0.29) is 30.2 Å². The molecule has 4 heterocycles. The molecule has 2 saturated heterocycles. The molecular weight excluding hydrogens is 396 g/mol. The Morgan fingerprint density at radius 2 is 1.97 bits per heavy atom. The molecule has 2 N–H and O–H groups in total. The first-order valence-electron chi connectivity index (χ1n) is 10.0. The molecule has 2 bridgehead atoms. The average molecular weight is 425 g/mol. The van der Waals surface area contributed by atoms with Gasteiger partial charge in [0.2, 0.25) is 0 Å². The van der Waals surface area contributed by atoms with Crippen molar-refractivity contribution >= 4 is 28.6 Å². The molecule has 3 aliphatic rings. The molecule has 29 heavy (non-hydrogen) atoms. The van der Waals surface area contributed by atoms with Crippen molar-refractivity contribution in [2.45, 2.75) is 63.8 Å². The summed E-state index contributed by atoms with van der Waals surface area (Å²) in [6.07, 6.45) is 1.88. The van der Waals surface area contributed by atoms with E-state index in [0.717, 1.165) is 23.4 Å². The number of nitrogens with one attached hydrogen (secondary N) is 2. The first kappa shape index (κ1) is 20.4. The highest BCUT2D eigenvalue weighted by molar-refractivity contribution is 7.16. The highest BCUT2D eigenvalue weighted by Crippen LogP contribution is 2.41. The number of thiazole rings is 1. The monoisotopic (exact) mass is 424 g/mol. The molecule has 0 aromatic carbocycles. The number of hydrogen-bond acceptors (Lipinski definition) is 7. The Labute approximate surface area is 174 Å². The maximum atomic E-state index is 12.8. The topological polar surface area (TPSA) is 102 Å². The van der Waals surface area contributed by atoms with Gasteiger partial charge >= 0.3 is 12.1 Å². The Hall–Kier alpha value is -1.91. The van der Waals surface area contributed by atoms with Crippen LogP contribution < -0.4 is 10.6 Å². The standard InChI is InChI=1S/C19H28N4O5S/c1-19(2,3)28-18(25)23-12-8-13-15(14(23)10-27-9-12)29-17(21-13)22-16(24)20-11-4-6-26-7-5-11/h11-12,14H,4-10H2,1-3H3,(H2,20,21,22,24)/t12-,14-/m0/s1. The van der Waals surface area contributed by atoms with Gasteiger partial charge in [0.15, 0.2) is 5.13 Å². The average Bonchev–Trinajstić information content (AvgIpc) is 3.02. The number of aromatic nitrogens is 1. The van der Waals surface area contributed by atoms with Gasteiger partial charge in [-0.3, -0.25) is 10.2 Å². The van der Waals surface area contributed by atoms with Crippen molar-refractivity contribution in [1.82, 2.24) is 15.2 Å². The molecule has 3 aliphatic heterocycles. The van der Waals surface area contributed by atoms with Crippen LogP contribution in [0.1, 0.15) is 50.2 Å². The largest absolute Gasteiger partial charge is 0.444 e. The first-order valence-corrected chi connectivity index (χ1v) is 10.9. The van der Waals surface area contributed by atoms with E-state index in [1.807, 2.05) is 20.8 Å². The van der Waals surface area contributed by atoms with Crippen molar-refractivity contribution < 1.29 is 23.8 Å². The van der Waals surface area contributed by atoms with Gasteiger partial charge in [-0.1, -0.05) is 11.3 Å². The van der Waals surface area contributed by atoms with E-state index in [0.29, 0.717) is 38.0 Å². The van der Waals surface area contributed by atoms with Crippen molar-refractivity contribution in [3.63, 3.8) is 0 Å². The van der Waals surface area contributed by atoms with E-state index in [9.17, 15) is 9.59 Å². The summed E-state index contributed by atoms with van der Waals surface area (Å²) in [5.74, 6) is 0.